The molecule has 0 radical (unpaired) electrons. The van der Waals surface area contributed by atoms with E-state index in [1.54, 1.807) is 0 Å². The van der Waals surface area contributed by atoms with Gasteiger partial charge >= 0.3 is 0 Å². The van der Waals surface area contributed by atoms with Crippen molar-refractivity contribution in [1.29, 1.82) is 0 Å². The van der Waals surface area contributed by atoms with E-state index in [1.807, 2.05) is 31.3 Å². The van der Waals surface area contributed by atoms with Crippen LogP contribution in [0.2, 0.25) is 0 Å². The van der Waals surface area contributed by atoms with Gasteiger partial charge in [0.05, 0.1) is 13.2 Å². The molecule has 96 valence electrons. The molecule has 0 aromatic heterocycles. The van der Waals surface area contributed by atoms with Crippen LogP contribution < -0.4 is 10.1 Å². The topological polar surface area (TPSA) is 61.7 Å². The van der Waals surface area contributed by atoms with Gasteiger partial charge < -0.3 is 20.3 Å². The van der Waals surface area contributed by atoms with Crippen molar-refractivity contribution in [2.75, 3.05) is 26.9 Å². The molecule has 4 heteroatoms. The summed E-state index contributed by atoms with van der Waals surface area (Å²) in [7, 11) is 1.82. The van der Waals surface area contributed by atoms with Gasteiger partial charge in [0.2, 0.25) is 0 Å². The number of benzene rings is 1. The van der Waals surface area contributed by atoms with E-state index in [1.165, 1.54) is 0 Å². The quantitative estimate of drug-likeness (QED) is 0.620. The van der Waals surface area contributed by atoms with Crippen LogP contribution in [-0.2, 0) is 6.42 Å². The molecule has 0 aliphatic heterocycles. The van der Waals surface area contributed by atoms with Crippen LogP contribution in [0.1, 0.15) is 12.0 Å². The smallest absolute Gasteiger partial charge is 0.122 e. The molecule has 0 aliphatic carbocycles. The van der Waals surface area contributed by atoms with Crippen LogP contribution in [0.15, 0.2) is 24.3 Å². The molecule has 0 heterocycles. The Hall–Kier alpha value is -1.10. The standard InChI is InChI=1S/C13H21NO3/c1-14-12(10-16)7-9-17-13-5-3-2-4-11(13)6-8-15/h2-5,12,14-16H,6-10H2,1H3. The van der Waals surface area contributed by atoms with Gasteiger partial charge in [0, 0.05) is 12.6 Å². The fraction of sp³-hybridized carbons (Fsp3) is 0.538. The third-order valence-corrected chi connectivity index (χ3v) is 2.71. The average Bonchev–Trinajstić information content (AvgIpc) is 2.37. The van der Waals surface area contributed by atoms with E-state index in [9.17, 15) is 0 Å². The highest BCUT2D eigenvalue weighted by Gasteiger charge is 2.06. The summed E-state index contributed by atoms with van der Waals surface area (Å²) in [6, 6.07) is 7.77. The van der Waals surface area contributed by atoms with Gasteiger partial charge in [-0.1, -0.05) is 18.2 Å². The summed E-state index contributed by atoms with van der Waals surface area (Å²) in [5.74, 6) is 0.814. The summed E-state index contributed by atoms with van der Waals surface area (Å²) in [5, 5.41) is 21.0. The van der Waals surface area contributed by atoms with Crippen LogP contribution in [0.5, 0.6) is 5.75 Å². The molecule has 0 saturated carbocycles. The summed E-state index contributed by atoms with van der Waals surface area (Å²) < 4.78 is 5.66. The van der Waals surface area contributed by atoms with Gasteiger partial charge in [-0.2, -0.15) is 0 Å². The van der Waals surface area contributed by atoms with E-state index in [0.717, 1.165) is 17.7 Å². The van der Waals surface area contributed by atoms with Crippen LogP contribution >= 0.6 is 0 Å². The summed E-state index contributed by atoms with van der Waals surface area (Å²) in [6.45, 7) is 0.781. The van der Waals surface area contributed by atoms with Crippen molar-refractivity contribution in [1.82, 2.24) is 5.32 Å². The molecule has 1 aromatic carbocycles. The first-order valence-corrected chi connectivity index (χ1v) is 5.91. The number of para-hydroxylation sites is 1. The minimum atomic E-state index is 0.0694. The van der Waals surface area contributed by atoms with Crippen LogP contribution in [0.4, 0.5) is 0 Å². The molecule has 1 unspecified atom stereocenters. The molecular weight excluding hydrogens is 218 g/mol. The Morgan fingerprint density at radius 2 is 2.06 bits per heavy atom. The van der Waals surface area contributed by atoms with Gasteiger partial charge in [0.1, 0.15) is 5.75 Å². The molecule has 4 nitrogen and oxygen atoms in total. The second kappa shape index (κ2) is 8.06. The Morgan fingerprint density at radius 3 is 2.71 bits per heavy atom. The second-order valence-corrected chi connectivity index (χ2v) is 3.89. The van der Waals surface area contributed by atoms with Crippen molar-refractivity contribution in [2.45, 2.75) is 18.9 Å². The van der Waals surface area contributed by atoms with Gasteiger partial charge in [-0.15, -0.1) is 0 Å². The van der Waals surface area contributed by atoms with E-state index in [2.05, 4.69) is 5.32 Å². The average molecular weight is 239 g/mol. The molecule has 0 fully saturated rings. The molecule has 0 aliphatic rings. The molecular formula is C13H21NO3. The lowest BCUT2D eigenvalue weighted by atomic mass is 10.1. The number of aliphatic hydroxyl groups excluding tert-OH is 2. The zero-order chi connectivity index (χ0) is 12.5. The maximum absolute atomic E-state index is 9.01. The van der Waals surface area contributed by atoms with Crippen molar-refractivity contribution in [2.24, 2.45) is 0 Å². The highest BCUT2D eigenvalue weighted by Crippen LogP contribution is 2.18. The highest BCUT2D eigenvalue weighted by atomic mass is 16.5. The highest BCUT2D eigenvalue weighted by molar-refractivity contribution is 5.33. The van der Waals surface area contributed by atoms with Gasteiger partial charge in [0.25, 0.3) is 0 Å². The summed E-state index contributed by atoms with van der Waals surface area (Å²) in [4.78, 5) is 0. The van der Waals surface area contributed by atoms with Gasteiger partial charge in [-0.3, -0.25) is 0 Å². The van der Waals surface area contributed by atoms with Crippen molar-refractivity contribution in [3.8, 4) is 5.75 Å². The van der Waals surface area contributed by atoms with E-state index < -0.39 is 0 Å². The number of hydrogen-bond acceptors (Lipinski definition) is 4. The molecule has 1 atom stereocenters. The van der Waals surface area contributed by atoms with Crippen molar-refractivity contribution in [3.63, 3.8) is 0 Å². The molecule has 0 amide bonds. The Bertz CT molecular complexity index is 313. The van der Waals surface area contributed by atoms with Gasteiger partial charge in [0.15, 0.2) is 0 Å². The van der Waals surface area contributed by atoms with E-state index >= 15 is 0 Å². The van der Waals surface area contributed by atoms with Crippen LogP contribution in [-0.4, -0.2) is 43.1 Å². The number of hydrogen-bond donors (Lipinski definition) is 3. The van der Waals surface area contributed by atoms with Crippen molar-refractivity contribution >= 4 is 0 Å². The Balaban J connectivity index is 2.45. The molecule has 0 bridgehead atoms. The Morgan fingerprint density at radius 1 is 1.29 bits per heavy atom. The molecule has 17 heavy (non-hydrogen) atoms. The summed E-state index contributed by atoms with van der Waals surface area (Å²) in [5.41, 5.74) is 1.01. The molecule has 0 saturated heterocycles. The Kier molecular flexibility index (Phi) is 6.62. The third-order valence-electron chi connectivity index (χ3n) is 2.71. The molecule has 3 N–H and O–H groups in total. The van der Waals surface area contributed by atoms with Gasteiger partial charge in [-0.05, 0) is 31.5 Å². The number of likely N-dealkylation sites (N-methyl/N-ethyl adjacent to an activating group) is 1. The van der Waals surface area contributed by atoms with Crippen molar-refractivity contribution in [3.05, 3.63) is 29.8 Å². The summed E-state index contributed by atoms with van der Waals surface area (Å²) in [6.07, 6.45) is 1.35. The van der Waals surface area contributed by atoms with Crippen LogP contribution in [0.3, 0.4) is 0 Å². The second-order valence-electron chi connectivity index (χ2n) is 3.89. The SMILES string of the molecule is CNC(CO)CCOc1ccccc1CCO. The zero-order valence-corrected chi connectivity index (χ0v) is 10.2. The lowest BCUT2D eigenvalue weighted by molar-refractivity contribution is 0.213. The lowest BCUT2D eigenvalue weighted by Gasteiger charge is -2.15. The van der Waals surface area contributed by atoms with E-state index in [-0.39, 0.29) is 19.3 Å². The minimum absolute atomic E-state index is 0.0694. The first kappa shape index (κ1) is 14.0. The number of rotatable bonds is 8. The monoisotopic (exact) mass is 239 g/mol. The largest absolute Gasteiger partial charge is 0.493 e. The molecule has 1 aromatic rings. The zero-order valence-electron chi connectivity index (χ0n) is 10.2. The lowest BCUT2D eigenvalue weighted by Crippen LogP contribution is -2.30. The number of nitrogens with one attached hydrogen (secondary N) is 1. The first-order valence-electron chi connectivity index (χ1n) is 5.91. The minimum Gasteiger partial charge on any atom is -0.493 e. The summed E-state index contributed by atoms with van der Waals surface area (Å²) >= 11 is 0. The predicted octanol–water partition coefficient (Wildman–Crippen LogP) is 0.571. The third kappa shape index (κ3) is 4.73. The predicted molar refractivity (Wildman–Crippen MR) is 67.3 cm³/mol. The van der Waals surface area contributed by atoms with Crippen LogP contribution in [0, 0.1) is 0 Å². The number of aliphatic hydroxyl groups is 2. The maximum Gasteiger partial charge on any atom is 0.122 e. The first-order chi connectivity index (χ1) is 8.31. The Labute approximate surface area is 102 Å². The molecule has 0 spiro atoms. The van der Waals surface area contributed by atoms with Gasteiger partial charge in [-0.25, -0.2) is 0 Å². The van der Waals surface area contributed by atoms with Crippen LogP contribution in [0.25, 0.3) is 0 Å². The number of ether oxygens (including phenoxy) is 1. The maximum atomic E-state index is 9.01. The fourth-order valence-electron chi connectivity index (χ4n) is 1.61. The normalized spacial score (nSPS) is 12.4. The van der Waals surface area contributed by atoms with E-state index in [0.29, 0.717) is 13.0 Å². The molecule has 1 rings (SSSR count). The fourth-order valence-corrected chi connectivity index (χ4v) is 1.61. The van der Waals surface area contributed by atoms with Crippen molar-refractivity contribution < 1.29 is 14.9 Å². The van der Waals surface area contributed by atoms with E-state index in [4.69, 9.17) is 14.9 Å².